The summed E-state index contributed by atoms with van der Waals surface area (Å²) in [5, 5.41) is 14.0. The van der Waals surface area contributed by atoms with E-state index >= 15 is 0 Å². The Bertz CT molecular complexity index is 871. The van der Waals surface area contributed by atoms with Crippen LogP contribution in [0.3, 0.4) is 0 Å². The maximum atomic E-state index is 9.31. The molecule has 1 heterocycles. The molecule has 3 nitrogen and oxygen atoms in total. The molecular weight excluding hydrogens is 350 g/mol. The molecule has 1 aromatic heterocycles. The van der Waals surface area contributed by atoms with Gasteiger partial charge in [-0.3, -0.25) is 4.98 Å². The van der Waals surface area contributed by atoms with E-state index in [2.05, 4.69) is 32.3 Å². The smallest absolute Gasteiger partial charge is 0.103 e. The van der Waals surface area contributed by atoms with Crippen LogP contribution in [-0.2, 0) is 0 Å². The van der Waals surface area contributed by atoms with Crippen molar-refractivity contribution >= 4 is 49.8 Å². The lowest BCUT2D eigenvalue weighted by Gasteiger charge is -2.13. The zero-order valence-corrected chi connectivity index (χ0v) is 13.1. The van der Waals surface area contributed by atoms with Crippen LogP contribution in [0, 0.1) is 11.3 Å². The third-order valence-electron chi connectivity index (χ3n) is 3.08. The summed E-state index contributed by atoms with van der Waals surface area (Å²) < 4.78 is 0.909. The van der Waals surface area contributed by atoms with Gasteiger partial charge < -0.3 is 5.32 Å². The van der Waals surface area contributed by atoms with E-state index in [1.54, 1.807) is 12.3 Å². The van der Waals surface area contributed by atoms with Crippen LogP contribution in [0.1, 0.15) is 5.56 Å². The lowest BCUT2D eigenvalue weighted by atomic mass is 10.1. The van der Waals surface area contributed by atoms with Crippen LogP contribution in [0.4, 0.5) is 11.4 Å². The van der Waals surface area contributed by atoms with Crippen molar-refractivity contribution in [3.05, 3.63) is 63.7 Å². The summed E-state index contributed by atoms with van der Waals surface area (Å²) in [4.78, 5) is 4.29. The molecule has 1 N–H and O–H groups in total. The number of halogens is 2. The van der Waals surface area contributed by atoms with Crippen molar-refractivity contribution in [1.82, 2.24) is 4.98 Å². The van der Waals surface area contributed by atoms with Gasteiger partial charge in [0.05, 0.1) is 27.5 Å². The number of nitrogens with zero attached hydrogens (tertiary/aromatic N) is 2. The van der Waals surface area contributed by atoms with E-state index in [9.17, 15) is 5.26 Å². The topological polar surface area (TPSA) is 48.7 Å². The minimum absolute atomic E-state index is 0.477. The fourth-order valence-electron chi connectivity index (χ4n) is 2.09. The van der Waals surface area contributed by atoms with Crippen LogP contribution in [0.25, 0.3) is 10.9 Å². The number of rotatable bonds is 2. The number of fused-ring (bicyclic) bond motifs is 1. The van der Waals surface area contributed by atoms with Crippen LogP contribution in [0.15, 0.2) is 53.1 Å². The first-order chi connectivity index (χ1) is 10.2. The molecule has 0 unspecified atom stereocenters. The Kier molecular flexibility index (Phi) is 3.78. The third-order valence-corrected chi connectivity index (χ3v) is 3.91. The van der Waals surface area contributed by atoms with Gasteiger partial charge in [-0.15, -0.1) is 0 Å². The summed E-state index contributed by atoms with van der Waals surface area (Å²) in [6.45, 7) is 0. The zero-order valence-electron chi connectivity index (χ0n) is 10.8. The summed E-state index contributed by atoms with van der Waals surface area (Å²) >= 11 is 9.63. The van der Waals surface area contributed by atoms with Gasteiger partial charge >= 0.3 is 0 Å². The van der Waals surface area contributed by atoms with Crippen molar-refractivity contribution in [3.8, 4) is 6.07 Å². The van der Waals surface area contributed by atoms with Gasteiger partial charge in [0, 0.05) is 16.1 Å². The summed E-state index contributed by atoms with van der Waals surface area (Å²) in [7, 11) is 0. The minimum atomic E-state index is 0.477. The maximum Gasteiger partial charge on any atom is 0.103 e. The highest BCUT2D eigenvalue weighted by atomic mass is 79.9. The predicted molar refractivity (Wildman–Crippen MR) is 88.9 cm³/mol. The Hall–Kier alpha value is -2.09. The molecule has 102 valence electrons. The predicted octanol–water partition coefficient (Wildman–Crippen LogP) is 5.27. The molecule has 0 fully saturated rings. The molecular formula is C16H9BrClN3. The largest absolute Gasteiger partial charge is 0.353 e. The second kappa shape index (κ2) is 5.72. The van der Waals surface area contributed by atoms with Gasteiger partial charge in [0.15, 0.2) is 0 Å². The molecule has 0 spiro atoms. The van der Waals surface area contributed by atoms with E-state index in [0.717, 1.165) is 21.1 Å². The van der Waals surface area contributed by atoms with Crippen molar-refractivity contribution in [3.63, 3.8) is 0 Å². The average Bonchev–Trinajstić information content (AvgIpc) is 2.51. The first-order valence-electron chi connectivity index (χ1n) is 6.19. The summed E-state index contributed by atoms with van der Waals surface area (Å²) in [5.74, 6) is 0. The monoisotopic (exact) mass is 357 g/mol. The van der Waals surface area contributed by atoms with E-state index in [1.807, 2.05) is 36.4 Å². The molecule has 0 aliphatic rings. The first kappa shape index (κ1) is 13.9. The Morgan fingerprint density at radius 1 is 1.19 bits per heavy atom. The Morgan fingerprint density at radius 2 is 2.00 bits per heavy atom. The second-order valence-corrected chi connectivity index (χ2v) is 5.75. The molecule has 0 atom stereocenters. The van der Waals surface area contributed by atoms with E-state index in [1.165, 1.54) is 0 Å². The molecule has 21 heavy (non-hydrogen) atoms. The van der Waals surface area contributed by atoms with Crippen molar-refractivity contribution < 1.29 is 0 Å². The number of pyridine rings is 1. The van der Waals surface area contributed by atoms with Crippen molar-refractivity contribution in [2.24, 2.45) is 0 Å². The Labute approximate surface area is 135 Å². The number of para-hydroxylation sites is 1. The van der Waals surface area contributed by atoms with E-state index < -0.39 is 0 Å². The molecule has 0 aliphatic carbocycles. The van der Waals surface area contributed by atoms with E-state index in [0.29, 0.717) is 16.3 Å². The van der Waals surface area contributed by atoms with Gasteiger partial charge in [-0.05, 0) is 24.3 Å². The highest BCUT2D eigenvalue weighted by molar-refractivity contribution is 9.10. The lowest BCUT2D eigenvalue weighted by molar-refractivity contribution is 1.36. The number of benzene rings is 2. The van der Waals surface area contributed by atoms with Gasteiger partial charge in [0.25, 0.3) is 0 Å². The number of nitrogens with one attached hydrogen (secondary N) is 1. The molecule has 5 heteroatoms. The van der Waals surface area contributed by atoms with Crippen LogP contribution < -0.4 is 5.32 Å². The van der Waals surface area contributed by atoms with Gasteiger partial charge in [0.1, 0.15) is 6.07 Å². The van der Waals surface area contributed by atoms with Crippen LogP contribution in [0.5, 0.6) is 0 Å². The first-order valence-corrected chi connectivity index (χ1v) is 7.36. The van der Waals surface area contributed by atoms with Crippen molar-refractivity contribution in [1.29, 1.82) is 5.26 Å². The van der Waals surface area contributed by atoms with Crippen molar-refractivity contribution in [2.45, 2.75) is 0 Å². The molecule has 0 amide bonds. The summed E-state index contributed by atoms with van der Waals surface area (Å²) in [5.41, 5.74) is 2.75. The normalized spacial score (nSPS) is 10.3. The molecule has 0 saturated heterocycles. The van der Waals surface area contributed by atoms with E-state index in [-0.39, 0.29) is 0 Å². The van der Waals surface area contributed by atoms with Gasteiger partial charge in [-0.25, -0.2) is 0 Å². The summed E-state index contributed by atoms with van der Waals surface area (Å²) in [6.07, 6.45) is 1.57. The fourth-order valence-corrected chi connectivity index (χ4v) is 2.61. The molecule has 0 radical (unpaired) electrons. The third kappa shape index (κ3) is 2.71. The average molecular weight is 359 g/mol. The van der Waals surface area contributed by atoms with Crippen molar-refractivity contribution in [2.75, 3.05) is 5.32 Å². The molecule has 2 aromatic carbocycles. The lowest BCUT2D eigenvalue weighted by Crippen LogP contribution is -1.97. The Balaban J connectivity index is 2.19. The zero-order chi connectivity index (χ0) is 14.8. The molecule has 0 aliphatic heterocycles. The number of anilines is 2. The Morgan fingerprint density at radius 3 is 2.81 bits per heavy atom. The highest BCUT2D eigenvalue weighted by Gasteiger charge is 2.10. The molecule has 0 bridgehead atoms. The quantitative estimate of drug-likeness (QED) is 0.679. The van der Waals surface area contributed by atoms with Crippen LogP contribution in [0.2, 0.25) is 5.02 Å². The number of aromatic nitrogens is 1. The van der Waals surface area contributed by atoms with E-state index in [4.69, 9.17) is 11.6 Å². The molecule has 3 aromatic rings. The SMILES string of the molecule is N#Cc1cnc2ccccc2c1Nc1cc(Br)ccc1Cl. The summed E-state index contributed by atoms with van der Waals surface area (Å²) in [6, 6.07) is 15.4. The highest BCUT2D eigenvalue weighted by Crippen LogP contribution is 2.33. The minimum Gasteiger partial charge on any atom is -0.353 e. The fraction of sp³-hybridized carbons (Fsp3) is 0. The van der Waals surface area contributed by atoms with Gasteiger partial charge in [0.2, 0.25) is 0 Å². The number of hydrogen-bond donors (Lipinski definition) is 1. The second-order valence-electron chi connectivity index (χ2n) is 4.42. The maximum absolute atomic E-state index is 9.31. The van der Waals surface area contributed by atoms with Crippen LogP contribution >= 0.6 is 27.5 Å². The number of nitriles is 1. The standard InChI is InChI=1S/C16H9BrClN3/c17-11-5-6-13(18)15(7-11)21-16-10(8-19)9-20-14-4-2-1-3-12(14)16/h1-7,9H,(H,20,21). The molecule has 0 saturated carbocycles. The molecule has 3 rings (SSSR count). The van der Waals surface area contributed by atoms with Gasteiger partial charge in [-0.1, -0.05) is 45.7 Å². The number of hydrogen-bond acceptors (Lipinski definition) is 3. The van der Waals surface area contributed by atoms with Crippen LogP contribution in [-0.4, -0.2) is 4.98 Å². The van der Waals surface area contributed by atoms with Gasteiger partial charge in [-0.2, -0.15) is 5.26 Å².